The van der Waals surface area contributed by atoms with Gasteiger partial charge in [-0.3, -0.25) is 0 Å². The van der Waals surface area contributed by atoms with Crippen LogP contribution in [0.5, 0.6) is 0 Å². The normalized spacial score (nSPS) is 19.8. The molecule has 0 saturated heterocycles. The van der Waals surface area contributed by atoms with E-state index in [4.69, 9.17) is 5.26 Å². The average molecular weight is 392 g/mol. The molecule has 2 atom stereocenters. The number of nitrogens with zero attached hydrogens (tertiary/aromatic N) is 1. The summed E-state index contributed by atoms with van der Waals surface area (Å²) in [6.07, 6.45) is 2.58. The fourth-order valence-corrected chi connectivity index (χ4v) is 3.55. The van der Waals surface area contributed by atoms with Crippen LogP contribution in [0.3, 0.4) is 0 Å². The molecule has 0 spiro atoms. The van der Waals surface area contributed by atoms with Crippen molar-refractivity contribution >= 4 is 15.6 Å². The van der Waals surface area contributed by atoms with Crippen LogP contribution in [0.2, 0.25) is 0 Å². The number of hydrogen-bond acceptors (Lipinski definition) is 4. The third kappa shape index (κ3) is 5.25. The SMILES string of the molecule is CC(C)S(=O)(=O)NCC(C)(O)c1ccc(C2=CC=C(CC#N)C(F)C2)cc1. The van der Waals surface area contributed by atoms with E-state index < -0.39 is 27.0 Å². The van der Waals surface area contributed by atoms with E-state index in [1.807, 2.05) is 12.1 Å². The summed E-state index contributed by atoms with van der Waals surface area (Å²) in [5, 5.41) is 18.7. The van der Waals surface area contributed by atoms with Gasteiger partial charge in [0.15, 0.2) is 0 Å². The van der Waals surface area contributed by atoms with Crippen LogP contribution in [0.4, 0.5) is 4.39 Å². The Morgan fingerprint density at radius 1 is 1.33 bits per heavy atom. The van der Waals surface area contributed by atoms with Crippen molar-refractivity contribution in [1.82, 2.24) is 4.72 Å². The zero-order chi connectivity index (χ0) is 20.2. The van der Waals surface area contributed by atoms with Gasteiger partial charge >= 0.3 is 0 Å². The maximum atomic E-state index is 14.2. The number of alkyl halides is 1. The monoisotopic (exact) mass is 392 g/mol. The van der Waals surface area contributed by atoms with Crippen LogP contribution < -0.4 is 4.72 Å². The van der Waals surface area contributed by atoms with Gasteiger partial charge in [-0.25, -0.2) is 17.5 Å². The minimum absolute atomic E-state index is 0.0824. The summed E-state index contributed by atoms with van der Waals surface area (Å²) in [6, 6.07) is 8.94. The van der Waals surface area contributed by atoms with Crippen LogP contribution in [0.1, 0.15) is 44.7 Å². The van der Waals surface area contributed by atoms with E-state index in [0.29, 0.717) is 11.1 Å². The second-order valence-corrected chi connectivity index (χ2v) is 9.53. The largest absolute Gasteiger partial charge is 0.384 e. The summed E-state index contributed by atoms with van der Waals surface area (Å²) in [7, 11) is -3.47. The topological polar surface area (TPSA) is 90.2 Å². The number of hydrogen-bond donors (Lipinski definition) is 2. The Morgan fingerprint density at radius 3 is 2.48 bits per heavy atom. The second kappa shape index (κ2) is 8.34. The summed E-state index contributed by atoms with van der Waals surface area (Å²) < 4.78 is 40.3. The number of nitriles is 1. The Balaban J connectivity index is 2.14. The summed E-state index contributed by atoms with van der Waals surface area (Å²) in [5.41, 5.74) is 1.32. The number of allylic oxidation sites excluding steroid dienone is 4. The number of rotatable bonds is 7. The van der Waals surface area contributed by atoms with Gasteiger partial charge in [0.25, 0.3) is 0 Å². The van der Waals surface area contributed by atoms with Gasteiger partial charge in [0.2, 0.25) is 10.0 Å². The molecule has 1 aliphatic rings. The molecule has 0 heterocycles. The van der Waals surface area contributed by atoms with Crippen molar-refractivity contribution in [3.63, 3.8) is 0 Å². The van der Waals surface area contributed by atoms with Crippen molar-refractivity contribution in [1.29, 1.82) is 5.26 Å². The van der Waals surface area contributed by atoms with E-state index in [1.54, 1.807) is 51.1 Å². The minimum atomic E-state index is -3.47. The molecule has 0 fully saturated rings. The first-order valence-corrected chi connectivity index (χ1v) is 10.3. The van der Waals surface area contributed by atoms with Crippen molar-refractivity contribution in [3.05, 3.63) is 53.1 Å². The van der Waals surface area contributed by atoms with Crippen LogP contribution in [0.15, 0.2) is 42.0 Å². The van der Waals surface area contributed by atoms with Crippen molar-refractivity contribution in [2.24, 2.45) is 0 Å². The molecule has 7 heteroatoms. The Kier molecular flexibility index (Phi) is 6.58. The number of benzene rings is 1. The highest BCUT2D eigenvalue weighted by atomic mass is 32.2. The Morgan fingerprint density at radius 2 is 1.96 bits per heavy atom. The third-order valence-electron chi connectivity index (χ3n) is 4.70. The lowest BCUT2D eigenvalue weighted by molar-refractivity contribution is 0.0627. The lowest BCUT2D eigenvalue weighted by Gasteiger charge is -2.25. The van der Waals surface area contributed by atoms with Crippen molar-refractivity contribution in [3.8, 4) is 6.07 Å². The molecule has 0 aliphatic heterocycles. The predicted octanol–water partition coefficient (Wildman–Crippen LogP) is 3.19. The molecule has 1 aliphatic carbocycles. The summed E-state index contributed by atoms with van der Waals surface area (Å²) in [5.74, 6) is 0. The van der Waals surface area contributed by atoms with Crippen LogP contribution in [0, 0.1) is 11.3 Å². The molecule has 27 heavy (non-hydrogen) atoms. The predicted molar refractivity (Wildman–Crippen MR) is 104 cm³/mol. The van der Waals surface area contributed by atoms with E-state index in [-0.39, 0.29) is 19.4 Å². The average Bonchev–Trinajstić information content (AvgIpc) is 2.62. The van der Waals surface area contributed by atoms with Crippen LogP contribution in [-0.2, 0) is 15.6 Å². The first kappa shape index (κ1) is 21.3. The molecule has 2 rings (SSSR count). The van der Waals surface area contributed by atoms with Crippen molar-refractivity contribution in [2.75, 3.05) is 6.54 Å². The standard InChI is InChI=1S/C20H25FN2O3S/c1-14(2)27(25,26)23-13-20(3,24)18-8-6-15(7-9-18)17-5-4-16(10-11-22)19(21)12-17/h4-9,14,19,23-24H,10,12-13H2,1-3H3. The minimum Gasteiger partial charge on any atom is -0.384 e. The number of sulfonamides is 1. The van der Waals surface area contributed by atoms with Crippen LogP contribution in [-0.4, -0.2) is 31.5 Å². The molecule has 0 radical (unpaired) electrons. The first-order valence-electron chi connectivity index (χ1n) is 8.79. The Hall–Kier alpha value is -2.01. The molecular formula is C20H25FN2O3S. The van der Waals surface area contributed by atoms with Gasteiger partial charge in [-0.2, -0.15) is 5.26 Å². The van der Waals surface area contributed by atoms with Crippen LogP contribution in [0.25, 0.3) is 5.57 Å². The van der Waals surface area contributed by atoms with Gasteiger partial charge in [-0.15, -0.1) is 0 Å². The first-order chi connectivity index (χ1) is 12.6. The molecule has 0 bridgehead atoms. The maximum Gasteiger partial charge on any atom is 0.214 e. The maximum absolute atomic E-state index is 14.2. The fraction of sp³-hybridized carbons (Fsp3) is 0.450. The molecule has 1 aromatic carbocycles. The van der Waals surface area contributed by atoms with Gasteiger partial charge in [0, 0.05) is 13.0 Å². The number of nitrogens with one attached hydrogen (secondary N) is 1. The lowest BCUT2D eigenvalue weighted by Crippen LogP contribution is -2.41. The van der Waals surface area contributed by atoms with Crippen molar-refractivity contribution in [2.45, 2.75) is 50.6 Å². The summed E-state index contributed by atoms with van der Waals surface area (Å²) >= 11 is 0. The Labute approximate surface area is 160 Å². The molecule has 0 saturated carbocycles. The fourth-order valence-electron chi connectivity index (χ4n) is 2.73. The number of aliphatic hydroxyl groups is 1. The van der Waals surface area contributed by atoms with Crippen molar-refractivity contribution < 1.29 is 17.9 Å². The summed E-state index contributed by atoms with van der Waals surface area (Å²) in [4.78, 5) is 0. The zero-order valence-corrected chi connectivity index (χ0v) is 16.6. The molecule has 0 amide bonds. The third-order valence-corrected chi connectivity index (χ3v) is 6.49. The molecule has 2 N–H and O–H groups in total. The van der Waals surface area contributed by atoms with Gasteiger partial charge < -0.3 is 5.11 Å². The molecule has 2 unspecified atom stereocenters. The van der Waals surface area contributed by atoms with Gasteiger partial charge in [0.05, 0.1) is 17.7 Å². The highest BCUT2D eigenvalue weighted by Gasteiger charge is 2.27. The molecule has 5 nitrogen and oxygen atoms in total. The van der Waals surface area contributed by atoms with E-state index >= 15 is 0 Å². The number of halogens is 1. The smallest absolute Gasteiger partial charge is 0.214 e. The quantitative estimate of drug-likeness (QED) is 0.746. The van der Waals surface area contributed by atoms with Gasteiger partial charge in [-0.05, 0) is 43.0 Å². The van der Waals surface area contributed by atoms with Gasteiger partial charge in [-0.1, -0.05) is 36.4 Å². The zero-order valence-electron chi connectivity index (χ0n) is 15.7. The molecular weight excluding hydrogens is 367 g/mol. The van der Waals surface area contributed by atoms with Gasteiger partial charge in [0.1, 0.15) is 11.8 Å². The van der Waals surface area contributed by atoms with E-state index in [0.717, 1.165) is 11.1 Å². The molecule has 1 aromatic rings. The van der Waals surface area contributed by atoms with E-state index in [1.165, 1.54) is 0 Å². The lowest BCUT2D eigenvalue weighted by atomic mass is 9.89. The highest BCUT2D eigenvalue weighted by molar-refractivity contribution is 7.90. The van der Waals surface area contributed by atoms with Crippen LogP contribution >= 0.6 is 0 Å². The second-order valence-electron chi connectivity index (χ2n) is 7.21. The van der Waals surface area contributed by atoms with E-state index in [2.05, 4.69) is 4.72 Å². The van der Waals surface area contributed by atoms with E-state index in [9.17, 15) is 17.9 Å². The molecule has 146 valence electrons. The summed E-state index contributed by atoms with van der Waals surface area (Å²) in [6.45, 7) is 4.54. The Bertz CT molecular complexity index is 879. The molecule has 0 aromatic heterocycles. The highest BCUT2D eigenvalue weighted by Crippen LogP contribution is 2.31.